The van der Waals surface area contributed by atoms with Crippen molar-refractivity contribution in [2.24, 2.45) is 17.3 Å². The standard InChI is InChI=1S/C26H31F3N2O2/c1-15(2)13-25(24(33)30-21-11-16(3)10-20(12-21)26(27,28)29)14-31(23(32)19(25)6)22-17(4)8-7-9-18(22)5/h7-12,15,19H,13-14H2,1-6H3,(H,30,33)/t19?,25-/m1/s1. The Labute approximate surface area is 193 Å². The Bertz CT molecular complexity index is 1060. The van der Waals surface area contributed by atoms with Crippen LogP contribution in [-0.4, -0.2) is 18.4 Å². The summed E-state index contributed by atoms with van der Waals surface area (Å²) >= 11 is 0. The summed E-state index contributed by atoms with van der Waals surface area (Å²) < 4.78 is 39.9. The summed E-state index contributed by atoms with van der Waals surface area (Å²) in [5.74, 6) is -1.09. The van der Waals surface area contributed by atoms with Gasteiger partial charge in [0.25, 0.3) is 0 Å². The molecule has 7 heteroatoms. The van der Waals surface area contributed by atoms with Crippen LogP contribution in [0, 0.1) is 38.0 Å². The number of amides is 2. The molecule has 4 nitrogen and oxygen atoms in total. The molecule has 0 radical (unpaired) electrons. The number of hydrogen-bond donors (Lipinski definition) is 1. The van der Waals surface area contributed by atoms with Gasteiger partial charge in [-0.05, 0) is 68.0 Å². The molecule has 3 rings (SSSR count). The summed E-state index contributed by atoms with van der Waals surface area (Å²) in [6, 6.07) is 9.27. The van der Waals surface area contributed by atoms with Crippen molar-refractivity contribution in [3.8, 4) is 0 Å². The topological polar surface area (TPSA) is 49.4 Å². The van der Waals surface area contributed by atoms with E-state index in [4.69, 9.17) is 0 Å². The van der Waals surface area contributed by atoms with Crippen LogP contribution >= 0.6 is 0 Å². The highest BCUT2D eigenvalue weighted by molar-refractivity contribution is 6.07. The number of rotatable bonds is 5. The highest BCUT2D eigenvalue weighted by Crippen LogP contribution is 2.46. The normalized spacial score (nSPS) is 21.1. The van der Waals surface area contributed by atoms with Crippen molar-refractivity contribution in [1.29, 1.82) is 0 Å². The van der Waals surface area contributed by atoms with E-state index in [9.17, 15) is 22.8 Å². The number of aryl methyl sites for hydroxylation is 3. The molecule has 0 spiro atoms. The molecule has 1 aliphatic heterocycles. The highest BCUT2D eigenvalue weighted by Gasteiger charge is 2.55. The molecule has 1 aliphatic rings. The monoisotopic (exact) mass is 460 g/mol. The molecule has 1 unspecified atom stereocenters. The Morgan fingerprint density at radius 1 is 1.15 bits per heavy atom. The van der Waals surface area contributed by atoms with Crippen molar-refractivity contribution in [1.82, 2.24) is 0 Å². The molecule has 0 aliphatic carbocycles. The summed E-state index contributed by atoms with van der Waals surface area (Å²) in [7, 11) is 0. The van der Waals surface area contributed by atoms with Crippen molar-refractivity contribution in [3.05, 3.63) is 58.7 Å². The fourth-order valence-corrected chi connectivity index (χ4v) is 4.99. The fourth-order valence-electron chi connectivity index (χ4n) is 4.99. The molecule has 178 valence electrons. The minimum atomic E-state index is -4.52. The quantitative estimate of drug-likeness (QED) is 0.571. The average Bonchev–Trinajstić information content (AvgIpc) is 2.92. The summed E-state index contributed by atoms with van der Waals surface area (Å²) in [4.78, 5) is 28.8. The Balaban J connectivity index is 2.02. The lowest BCUT2D eigenvalue weighted by Crippen LogP contribution is -2.43. The molecule has 1 fully saturated rings. The molecule has 0 saturated carbocycles. The maximum atomic E-state index is 13.7. The van der Waals surface area contributed by atoms with Gasteiger partial charge in [0, 0.05) is 17.9 Å². The van der Waals surface area contributed by atoms with E-state index in [0.717, 1.165) is 28.9 Å². The van der Waals surface area contributed by atoms with Gasteiger partial charge in [-0.15, -0.1) is 0 Å². The highest BCUT2D eigenvalue weighted by atomic mass is 19.4. The third kappa shape index (κ3) is 4.77. The van der Waals surface area contributed by atoms with Crippen LogP contribution < -0.4 is 10.2 Å². The lowest BCUT2D eigenvalue weighted by molar-refractivity contribution is -0.137. The van der Waals surface area contributed by atoms with Gasteiger partial charge in [-0.25, -0.2) is 0 Å². The number of nitrogens with one attached hydrogen (secondary N) is 1. The van der Waals surface area contributed by atoms with Crippen molar-refractivity contribution in [2.75, 3.05) is 16.8 Å². The smallest absolute Gasteiger partial charge is 0.326 e. The second-order valence-electron chi connectivity index (χ2n) is 9.68. The maximum absolute atomic E-state index is 13.7. The molecule has 2 aromatic carbocycles. The summed E-state index contributed by atoms with van der Waals surface area (Å²) in [6.07, 6.45) is -4.08. The van der Waals surface area contributed by atoms with E-state index >= 15 is 0 Å². The molecule has 0 aromatic heterocycles. The third-order valence-corrected chi connectivity index (χ3v) is 6.50. The van der Waals surface area contributed by atoms with Crippen LogP contribution in [0.2, 0.25) is 0 Å². The minimum Gasteiger partial charge on any atom is -0.326 e. The van der Waals surface area contributed by atoms with Gasteiger partial charge >= 0.3 is 6.18 Å². The van der Waals surface area contributed by atoms with Crippen molar-refractivity contribution in [3.63, 3.8) is 0 Å². The molecule has 1 heterocycles. The van der Waals surface area contributed by atoms with Crippen LogP contribution in [0.5, 0.6) is 0 Å². The Kier molecular flexibility index (Phi) is 6.65. The number of halogens is 3. The van der Waals surface area contributed by atoms with Gasteiger partial charge in [-0.3, -0.25) is 9.59 Å². The van der Waals surface area contributed by atoms with Gasteiger partial charge in [0.2, 0.25) is 11.8 Å². The van der Waals surface area contributed by atoms with Gasteiger partial charge in [0.1, 0.15) is 0 Å². The molecule has 0 bridgehead atoms. The molecule has 2 aromatic rings. The first-order valence-electron chi connectivity index (χ1n) is 11.1. The van der Waals surface area contributed by atoms with Crippen molar-refractivity contribution < 1.29 is 22.8 Å². The molecule has 1 saturated heterocycles. The third-order valence-electron chi connectivity index (χ3n) is 6.50. The maximum Gasteiger partial charge on any atom is 0.416 e. The molecular weight excluding hydrogens is 429 g/mol. The average molecular weight is 461 g/mol. The van der Waals surface area contributed by atoms with E-state index in [1.807, 2.05) is 45.9 Å². The second kappa shape index (κ2) is 8.84. The number of carbonyl (C=O) groups is 2. The van der Waals surface area contributed by atoms with Gasteiger partial charge in [0.15, 0.2) is 0 Å². The van der Waals surface area contributed by atoms with Crippen LogP contribution in [-0.2, 0) is 15.8 Å². The van der Waals surface area contributed by atoms with Crippen molar-refractivity contribution >= 4 is 23.2 Å². The number of hydrogen-bond acceptors (Lipinski definition) is 2. The van der Waals surface area contributed by atoms with E-state index in [0.29, 0.717) is 12.0 Å². The first-order chi connectivity index (χ1) is 15.3. The van der Waals surface area contributed by atoms with Gasteiger partial charge in [0.05, 0.1) is 16.9 Å². The van der Waals surface area contributed by atoms with E-state index < -0.39 is 29.0 Å². The molecular formula is C26H31F3N2O2. The van der Waals surface area contributed by atoms with Gasteiger partial charge < -0.3 is 10.2 Å². The summed E-state index contributed by atoms with van der Waals surface area (Å²) in [5.41, 5.74) is 1.26. The minimum absolute atomic E-state index is 0.0839. The summed E-state index contributed by atoms with van der Waals surface area (Å²) in [5, 5.41) is 2.72. The Hall–Kier alpha value is -2.83. The molecule has 33 heavy (non-hydrogen) atoms. The molecule has 2 amide bonds. The van der Waals surface area contributed by atoms with E-state index in [2.05, 4.69) is 5.32 Å². The number of nitrogens with zero attached hydrogens (tertiary/aromatic N) is 1. The van der Waals surface area contributed by atoms with E-state index in [1.54, 1.807) is 18.7 Å². The number of carbonyl (C=O) groups excluding carboxylic acids is 2. The zero-order valence-corrected chi connectivity index (χ0v) is 19.9. The van der Waals surface area contributed by atoms with Gasteiger partial charge in [-0.2, -0.15) is 13.2 Å². The van der Waals surface area contributed by atoms with Crippen molar-refractivity contribution in [2.45, 2.75) is 54.1 Å². The largest absolute Gasteiger partial charge is 0.416 e. The van der Waals surface area contributed by atoms with E-state index in [1.165, 1.54) is 6.07 Å². The first-order valence-corrected chi connectivity index (χ1v) is 11.1. The Morgan fingerprint density at radius 2 is 1.76 bits per heavy atom. The van der Waals surface area contributed by atoms with Crippen LogP contribution in [0.3, 0.4) is 0 Å². The SMILES string of the molecule is Cc1cc(NC(=O)[C@]2(CC(C)C)CN(c3c(C)cccc3C)C(=O)C2C)cc(C(F)(F)F)c1. The zero-order chi connectivity index (χ0) is 24.7. The number of benzene rings is 2. The van der Waals surface area contributed by atoms with Gasteiger partial charge in [-0.1, -0.05) is 39.0 Å². The van der Waals surface area contributed by atoms with Crippen LogP contribution in [0.1, 0.15) is 49.4 Å². The number of para-hydroxylation sites is 1. The van der Waals surface area contributed by atoms with Crippen LogP contribution in [0.4, 0.5) is 24.5 Å². The lowest BCUT2D eigenvalue weighted by Gasteiger charge is -2.32. The zero-order valence-electron chi connectivity index (χ0n) is 19.9. The summed E-state index contributed by atoms with van der Waals surface area (Å²) in [6.45, 7) is 11.3. The molecule has 1 N–H and O–H groups in total. The predicted molar refractivity (Wildman–Crippen MR) is 124 cm³/mol. The van der Waals surface area contributed by atoms with Crippen LogP contribution in [0.25, 0.3) is 0 Å². The first kappa shape index (κ1) is 24.8. The number of alkyl halides is 3. The Morgan fingerprint density at radius 3 is 2.30 bits per heavy atom. The lowest BCUT2D eigenvalue weighted by atomic mass is 9.72. The van der Waals surface area contributed by atoms with E-state index in [-0.39, 0.29) is 24.1 Å². The van der Waals surface area contributed by atoms with Crippen LogP contribution in [0.15, 0.2) is 36.4 Å². The molecule has 2 atom stereocenters. The fraction of sp³-hybridized carbons (Fsp3) is 0.462. The second-order valence-corrected chi connectivity index (χ2v) is 9.68. The predicted octanol–water partition coefficient (Wildman–Crippen LogP) is 6.28. The number of anilines is 2.